The molecule has 0 saturated carbocycles. The number of hydrogen-bond donors (Lipinski definition) is 1. The Hall–Kier alpha value is -2.27. The maximum absolute atomic E-state index is 13.2. The molecule has 1 fully saturated rings. The Balaban J connectivity index is 2.20. The predicted molar refractivity (Wildman–Crippen MR) is 117 cm³/mol. The van der Waals surface area contributed by atoms with E-state index in [1.807, 2.05) is 0 Å². The molecule has 1 saturated heterocycles. The molecule has 0 aromatic heterocycles. The summed E-state index contributed by atoms with van der Waals surface area (Å²) in [6, 6.07) is -0.694. The fraction of sp³-hybridized carbons (Fsp3) is 0.696. The summed E-state index contributed by atoms with van der Waals surface area (Å²) >= 11 is 0. The molecule has 186 valence electrons. The van der Waals surface area contributed by atoms with Gasteiger partial charge in [0, 0.05) is 31.6 Å². The highest BCUT2D eigenvalue weighted by atomic mass is 16.6. The predicted octanol–water partition coefficient (Wildman–Crippen LogP) is 1.54. The molecule has 33 heavy (non-hydrogen) atoms. The summed E-state index contributed by atoms with van der Waals surface area (Å²) in [5.74, 6) is -2.24. The van der Waals surface area contributed by atoms with Gasteiger partial charge in [-0.2, -0.15) is 0 Å². The number of allylic oxidation sites excluding steroid dienone is 1. The van der Waals surface area contributed by atoms with E-state index in [2.05, 4.69) is 0 Å². The lowest BCUT2D eigenvalue weighted by Gasteiger charge is -2.42. The molecule has 0 spiro atoms. The van der Waals surface area contributed by atoms with E-state index in [1.54, 1.807) is 26.0 Å². The molecule has 10 nitrogen and oxygen atoms in total. The molecule has 2 heterocycles. The molecule has 10 heteroatoms. The van der Waals surface area contributed by atoms with Gasteiger partial charge in [0.1, 0.15) is 12.2 Å². The van der Waals surface area contributed by atoms with Crippen LogP contribution in [0.25, 0.3) is 0 Å². The van der Waals surface area contributed by atoms with Gasteiger partial charge < -0.3 is 33.9 Å². The number of carbonyl (C=O) groups is 3. The van der Waals surface area contributed by atoms with Crippen molar-refractivity contribution in [2.75, 3.05) is 26.8 Å². The number of nitrogens with zero attached hydrogens (tertiary/aromatic N) is 1. The third-order valence-electron chi connectivity index (χ3n) is 6.65. The highest BCUT2D eigenvalue weighted by Crippen LogP contribution is 2.39. The summed E-state index contributed by atoms with van der Waals surface area (Å²) in [6.45, 7) is 8.91. The number of quaternary nitrogens is 1. The molecule has 5 atom stereocenters. The van der Waals surface area contributed by atoms with Gasteiger partial charge in [0.25, 0.3) is 0 Å². The molecule has 0 amide bonds. The number of fused-ring (bicyclic) bond motifs is 1. The fourth-order valence-corrected chi connectivity index (χ4v) is 4.47. The number of rotatable bonds is 9. The van der Waals surface area contributed by atoms with Crippen LogP contribution in [-0.2, 0) is 33.3 Å². The molecule has 2 rings (SSSR count). The second kappa shape index (κ2) is 9.92. The van der Waals surface area contributed by atoms with Crippen molar-refractivity contribution in [2.45, 2.75) is 77.4 Å². The van der Waals surface area contributed by atoms with E-state index in [0.29, 0.717) is 17.6 Å². The highest BCUT2D eigenvalue weighted by molar-refractivity contribution is 5.87. The van der Waals surface area contributed by atoms with Crippen LogP contribution < -0.4 is 0 Å². The first-order valence-electron chi connectivity index (χ1n) is 11.0. The van der Waals surface area contributed by atoms with Crippen molar-refractivity contribution >= 4 is 17.9 Å². The molecule has 0 bridgehead atoms. The monoisotopic (exact) mass is 469 g/mol. The third-order valence-corrected chi connectivity index (χ3v) is 6.65. The average Bonchev–Trinajstić information content (AvgIpc) is 3.24. The lowest BCUT2D eigenvalue weighted by Crippen LogP contribution is -2.65. The Morgan fingerprint density at radius 1 is 1.33 bits per heavy atom. The van der Waals surface area contributed by atoms with Gasteiger partial charge in [-0.15, -0.1) is 0 Å². The Labute approximate surface area is 194 Å². The molecular formula is C23H35NO9. The highest BCUT2D eigenvalue weighted by Gasteiger charge is 2.58. The first kappa shape index (κ1) is 27.0. The summed E-state index contributed by atoms with van der Waals surface area (Å²) in [5.41, 5.74) is -3.03. The Bertz CT molecular complexity index is 849. The van der Waals surface area contributed by atoms with Crippen LogP contribution in [0.5, 0.6) is 0 Å². The molecule has 2 aliphatic rings. The zero-order valence-corrected chi connectivity index (χ0v) is 20.4. The van der Waals surface area contributed by atoms with Gasteiger partial charge >= 0.3 is 17.9 Å². The van der Waals surface area contributed by atoms with Crippen LogP contribution in [0.1, 0.15) is 48.0 Å². The Morgan fingerprint density at radius 3 is 2.52 bits per heavy atom. The van der Waals surface area contributed by atoms with E-state index in [9.17, 15) is 24.7 Å². The number of carbonyl (C=O) groups excluding carboxylic acids is 3. The minimum absolute atomic E-state index is 0.173. The smallest absolute Gasteiger partial charge is 0.345 e. The van der Waals surface area contributed by atoms with E-state index < -0.39 is 52.0 Å². The van der Waals surface area contributed by atoms with Crippen LogP contribution in [-0.4, -0.2) is 83.9 Å². The van der Waals surface area contributed by atoms with Crippen molar-refractivity contribution in [1.82, 2.24) is 0 Å². The van der Waals surface area contributed by atoms with Crippen LogP contribution in [0.4, 0.5) is 0 Å². The second-order valence-electron chi connectivity index (χ2n) is 9.11. The average molecular weight is 470 g/mol. The fourth-order valence-electron chi connectivity index (χ4n) is 4.47. The lowest BCUT2D eigenvalue weighted by molar-refractivity contribution is -0.877. The molecule has 0 aliphatic carbocycles. The van der Waals surface area contributed by atoms with Gasteiger partial charge in [0.05, 0.1) is 19.2 Å². The summed E-state index contributed by atoms with van der Waals surface area (Å²) in [5, 5.41) is 24.5. The van der Waals surface area contributed by atoms with E-state index in [4.69, 9.17) is 18.9 Å². The topological polar surface area (TPSA) is 131 Å². The Kier molecular flexibility index (Phi) is 8.11. The summed E-state index contributed by atoms with van der Waals surface area (Å²) in [7, 11) is 1.31. The maximum atomic E-state index is 13.2. The largest absolute Gasteiger partial charge is 0.632 e. The van der Waals surface area contributed by atoms with Crippen molar-refractivity contribution in [1.29, 1.82) is 0 Å². The maximum Gasteiger partial charge on any atom is 0.345 e. The minimum atomic E-state index is -2.32. The Morgan fingerprint density at radius 2 is 1.97 bits per heavy atom. The van der Waals surface area contributed by atoms with Crippen LogP contribution in [0.2, 0.25) is 0 Å². The number of esters is 3. The minimum Gasteiger partial charge on any atom is -0.632 e. The normalized spacial score (nSPS) is 27.8. The van der Waals surface area contributed by atoms with Gasteiger partial charge in [-0.25, -0.2) is 9.59 Å². The number of hydrogen-bond acceptors (Lipinski definition) is 9. The number of hydroxylamine groups is 3. The molecule has 0 aromatic rings. The van der Waals surface area contributed by atoms with Crippen molar-refractivity contribution in [2.24, 2.45) is 0 Å². The quantitative estimate of drug-likeness (QED) is 0.133. The van der Waals surface area contributed by atoms with Gasteiger partial charge in [-0.1, -0.05) is 6.08 Å². The van der Waals surface area contributed by atoms with Gasteiger partial charge in [-0.05, 0) is 40.7 Å². The van der Waals surface area contributed by atoms with Crippen molar-refractivity contribution in [3.05, 3.63) is 28.5 Å². The zero-order valence-electron chi connectivity index (χ0n) is 20.4. The van der Waals surface area contributed by atoms with E-state index in [1.165, 1.54) is 27.9 Å². The number of ether oxygens (including phenoxy) is 4. The lowest BCUT2D eigenvalue weighted by atomic mass is 9.81. The number of methoxy groups -OCH3 is 1. The summed E-state index contributed by atoms with van der Waals surface area (Å²) in [6.07, 6.45) is 1.99. The SMILES string of the molecule is C/C=C(/C)C(=O)O[C@H]1CC[N+]2([O-])CC=C(COC(=O)[C@@](O)([C@H](C)OC)C(C)(C)OC(C)=O)[C@H]12. The molecule has 1 unspecified atom stereocenters. The first-order chi connectivity index (χ1) is 15.2. The molecule has 0 radical (unpaired) electrons. The summed E-state index contributed by atoms with van der Waals surface area (Å²) in [4.78, 5) is 36.8. The van der Waals surface area contributed by atoms with Crippen molar-refractivity contribution < 1.29 is 43.1 Å². The van der Waals surface area contributed by atoms with Crippen molar-refractivity contribution in [3.8, 4) is 0 Å². The summed E-state index contributed by atoms with van der Waals surface area (Å²) < 4.78 is 20.8. The van der Waals surface area contributed by atoms with Gasteiger partial charge in [0.15, 0.2) is 12.1 Å². The van der Waals surface area contributed by atoms with E-state index >= 15 is 0 Å². The van der Waals surface area contributed by atoms with Crippen LogP contribution in [0, 0.1) is 5.21 Å². The van der Waals surface area contributed by atoms with Crippen LogP contribution in [0.3, 0.4) is 0 Å². The molecular weight excluding hydrogens is 434 g/mol. The van der Waals surface area contributed by atoms with Gasteiger partial charge in [-0.3, -0.25) is 4.79 Å². The second-order valence-corrected chi connectivity index (χ2v) is 9.11. The zero-order chi connectivity index (χ0) is 25.2. The van der Waals surface area contributed by atoms with E-state index in [-0.39, 0.29) is 19.7 Å². The van der Waals surface area contributed by atoms with Crippen LogP contribution in [0.15, 0.2) is 23.3 Å². The molecule has 0 aromatic carbocycles. The third kappa shape index (κ3) is 5.13. The standard InChI is InChI=1S/C23H35NO9/c1-8-14(2)20(26)32-18-10-12-24(29)11-9-17(19(18)24)13-31-21(27)23(28,15(3)30-7)22(5,6)33-16(4)25/h8-9,15,18-19,28H,10-13H2,1-7H3/b14-8-/t15-,18-,19+,23-,24?/m0/s1. The van der Waals surface area contributed by atoms with Crippen molar-refractivity contribution in [3.63, 3.8) is 0 Å². The van der Waals surface area contributed by atoms with Gasteiger partial charge in [0.2, 0.25) is 5.60 Å². The van der Waals surface area contributed by atoms with E-state index in [0.717, 1.165) is 6.92 Å². The molecule has 2 aliphatic heterocycles. The van der Waals surface area contributed by atoms with Crippen LogP contribution >= 0.6 is 0 Å². The number of aliphatic hydroxyl groups is 1. The molecule has 1 N–H and O–H groups in total. The first-order valence-corrected chi connectivity index (χ1v) is 11.0.